The quantitative estimate of drug-likeness (QED) is 0.552. The van der Waals surface area contributed by atoms with Crippen LogP contribution in [0.25, 0.3) is 0 Å². The fraction of sp³-hybridized carbons (Fsp3) is 1.00. The van der Waals surface area contributed by atoms with Crippen LogP contribution in [0, 0.1) is 0 Å². The second-order valence-corrected chi connectivity index (χ2v) is 3.18. The van der Waals surface area contributed by atoms with Crippen molar-refractivity contribution in [1.29, 1.82) is 0 Å². The molecule has 0 aromatic rings. The number of halogens is 1. The van der Waals surface area contributed by atoms with Crippen LogP contribution in [-0.4, -0.2) is 24.4 Å². The summed E-state index contributed by atoms with van der Waals surface area (Å²) in [5.41, 5.74) is 4.12. The fourth-order valence-corrected chi connectivity index (χ4v) is 1.79. The van der Waals surface area contributed by atoms with E-state index in [1.807, 2.05) is 0 Å². The maximum Gasteiger partial charge on any atom is 0.139 e. The second kappa shape index (κ2) is 1.30. The Labute approximate surface area is 53.2 Å². The minimum absolute atomic E-state index is 0.255. The van der Waals surface area contributed by atoms with Gasteiger partial charge in [-0.3, -0.25) is 0 Å². The van der Waals surface area contributed by atoms with Gasteiger partial charge in [0.1, 0.15) is 5.67 Å². The van der Waals surface area contributed by atoms with Gasteiger partial charge in [0.15, 0.2) is 0 Å². The Hall–Kier alpha value is -0.150. The van der Waals surface area contributed by atoms with Crippen LogP contribution in [-0.2, 0) is 4.74 Å². The number of hydrogen-bond acceptors (Lipinski definition) is 2. The van der Waals surface area contributed by atoms with Gasteiger partial charge in [-0.15, -0.1) is 0 Å². The summed E-state index contributed by atoms with van der Waals surface area (Å²) in [6.07, 6.45) is 1.05. The molecule has 0 aromatic carbocycles. The first kappa shape index (κ1) is 5.62. The van der Waals surface area contributed by atoms with Crippen LogP contribution < -0.4 is 5.73 Å². The van der Waals surface area contributed by atoms with Crippen molar-refractivity contribution < 1.29 is 9.13 Å². The number of fused-ring (bicyclic) bond motifs is 1. The van der Waals surface area contributed by atoms with E-state index < -0.39 is 5.67 Å². The largest absolute Gasteiger partial charge is 0.370 e. The predicted octanol–water partition coefficient (Wildman–Crippen LogP) is 0.216. The summed E-state index contributed by atoms with van der Waals surface area (Å²) >= 11 is 0. The molecule has 0 atom stereocenters. The van der Waals surface area contributed by atoms with Gasteiger partial charge in [0.05, 0.1) is 12.2 Å². The molecule has 0 radical (unpaired) electrons. The van der Waals surface area contributed by atoms with Crippen molar-refractivity contribution in [3.8, 4) is 0 Å². The summed E-state index contributed by atoms with van der Waals surface area (Å²) in [4.78, 5) is 0. The highest BCUT2D eigenvalue weighted by Crippen LogP contribution is 2.53. The first-order valence-corrected chi connectivity index (χ1v) is 3.21. The maximum atomic E-state index is 12.9. The van der Waals surface area contributed by atoms with Crippen molar-refractivity contribution in [3.05, 3.63) is 0 Å². The molecule has 3 rings (SSSR count). The molecule has 52 valence electrons. The molecule has 0 amide bonds. The average Bonchev–Trinajstić information content (AvgIpc) is 2.20. The molecular formula is C6H10FNO. The summed E-state index contributed by atoms with van der Waals surface area (Å²) in [6.45, 7) is 0.739. The minimum atomic E-state index is -1.00. The molecule has 1 aliphatic carbocycles. The Morgan fingerprint density at radius 1 is 1.56 bits per heavy atom. The van der Waals surface area contributed by atoms with Gasteiger partial charge < -0.3 is 10.5 Å². The van der Waals surface area contributed by atoms with Crippen LogP contribution in [0.3, 0.4) is 0 Å². The lowest BCUT2D eigenvalue weighted by Crippen LogP contribution is -2.50. The zero-order valence-electron chi connectivity index (χ0n) is 5.19. The van der Waals surface area contributed by atoms with Crippen LogP contribution in [0.1, 0.15) is 12.8 Å². The number of alkyl halides is 1. The third-order valence-corrected chi connectivity index (χ3v) is 2.29. The lowest BCUT2D eigenvalue weighted by molar-refractivity contribution is -0.0159. The van der Waals surface area contributed by atoms with E-state index in [-0.39, 0.29) is 12.2 Å². The molecule has 0 spiro atoms. The number of rotatable bonds is 1. The van der Waals surface area contributed by atoms with Gasteiger partial charge in [0.2, 0.25) is 0 Å². The molecule has 0 unspecified atom stereocenters. The molecule has 9 heavy (non-hydrogen) atoms. The van der Waals surface area contributed by atoms with E-state index in [1.54, 1.807) is 0 Å². The van der Waals surface area contributed by atoms with Gasteiger partial charge in [-0.1, -0.05) is 0 Å². The molecule has 2 heterocycles. The van der Waals surface area contributed by atoms with Crippen LogP contribution in [0.5, 0.6) is 0 Å². The summed E-state index contributed by atoms with van der Waals surface area (Å²) in [7, 11) is 0. The van der Waals surface area contributed by atoms with Gasteiger partial charge >= 0.3 is 0 Å². The first-order chi connectivity index (χ1) is 4.18. The lowest BCUT2D eigenvalue weighted by atomic mass is 9.72. The summed E-state index contributed by atoms with van der Waals surface area (Å²) < 4.78 is 18.1. The lowest BCUT2D eigenvalue weighted by Gasteiger charge is -2.38. The van der Waals surface area contributed by atoms with E-state index in [9.17, 15) is 4.39 Å². The topological polar surface area (TPSA) is 35.2 Å². The van der Waals surface area contributed by atoms with E-state index in [2.05, 4.69) is 0 Å². The molecular weight excluding hydrogens is 121 g/mol. The molecule has 2 N–H and O–H groups in total. The van der Waals surface area contributed by atoms with Crippen LogP contribution in [0.15, 0.2) is 0 Å². The number of ether oxygens (including phenoxy) is 1. The molecule has 3 fully saturated rings. The fourth-order valence-electron chi connectivity index (χ4n) is 1.79. The minimum Gasteiger partial charge on any atom is -0.370 e. The van der Waals surface area contributed by atoms with Crippen LogP contribution >= 0.6 is 0 Å². The van der Waals surface area contributed by atoms with Gasteiger partial charge in [0.25, 0.3) is 0 Å². The Bertz CT molecular complexity index is 142. The summed E-state index contributed by atoms with van der Waals surface area (Å²) in [6, 6.07) is 0. The molecule has 2 bridgehead atoms. The highest BCUT2D eigenvalue weighted by Gasteiger charge is 2.62. The predicted molar refractivity (Wildman–Crippen MR) is 30.8 cm³/mol. The Morgan fingerprint density at radius 3 is 2.44 bits per heavy atom. The van der Waals surface area contributed by atoms with Crippen LogP contribution in [0.4, 0.5) is 4.39 Å². The zero-order chi connectivity index (χ0) is 6.54. The smallest absolute Gasteiger partial charge is 0.139 e. The first-order valence-electron chi connectivity index (χ1n) is 3.21. The summed E-state index contributed by atoms with van der Waals surface area (Å²) in [5, 5.41) is 0. The van der Waals surface area contributed by atoms with Crippen molar-refractivity contribution in [2.75, 3.05) is 13.2 Å². The molecule has 2 aliphatic heterocycles. The highest BCUT2D eigenvalue weighted by atomic mass is 19.1. The van der Waals surface area contributed by atoms with E-state index in [4.69, 9.17) is 10.5 Å². The Morgan fingerprint density at radius 2 is 2.22 bits per heavy atom. The molecule has 3 aliphatic rings. The molecule has 2 saturated heterocycles. The van der Waals surface area contributed by atoms with E-state index in [1.165, 1.54) is 0 Å². The Balaban J connectivity index is 2.12. The van der Waals surface area contributed by atoms with E-state index in [0.717, 1.165) is 0 Å². The van der Waals surface area contributed by atoms with Gasteiger partial charge in [-0.05, 0) is 0 Å². The molecule has 2 nitrogen and oxygen atoms in total. The van der Waals surface area contributed by atoms with Crippen molar-refractivity contribution in [1.82, 2.24) is 0 Å². The monoisotopic (exact) mass is 131 g/mol. The van der Waals surface area contributed by atoms with Crippen molar-refractivity contribution in [2.24, 2.45) is 5.73 Å². The summed E-state index contributed by atoms with van der Waals surface area (Å²) in [5.74, 6) is 0. The highest BCUT2D eigenvalue weighted by molar-refractivity contribution is 5.13. The average molecular weight is 131 g/mol. The van der Waals surface area contributed by atoms with E-state index >= 15 is 0 Å². The third-order valence-electron chi connectivity index (χ3n) is 2.29. The zero-order valence-corrected chi connectivity index (χ0v) is 5.19. The molecule has 1 saturated carbocycles. The maximum absolute atomic E-state index is 12.9. The molecule has 3 heteroatoms. The van der Waals surface area contributed by atoms with Crippen molar-refractivity contribution in [2.45, 2.75) is 24.1 Å². The molecule has 0 aromatic heterocycles. The normalized spacial score (nSPS) is 55.3. The van der Waals surface area contributed by atoms with E-state index in [0.29, 0.717) is 19.4 Å². The second-order valence-electron chi connectivity index (χ2n) is 3.18. The van der Waals surface area contributed by atoms with Crippen molar-refractivity contribution in [3.63, 3.8) is 0 Å². The number of nitrogens with two attached hydrogens (primary N) is 1. The van der Waals surface area contributed by atoms with Gasteiger partial charge in [-0.2, -0.15) is 0 Å². The third kappa shape index (κ3) is 0.563. The van der Waals surface area contributed by atoms with Crippen molar-refractivity contribution >= 4 is 0 Å². The van der Waals surface area contributed by atoms with Gasteiger partial charge in [-0.25, -0.2) is 4.39 Å². The SMILES string of the molecule is NCC12CC(F)(CO1)C2. The Kier molecular flexibility index (Phi) is 0.810. The standard InChI is InChI=1S/C6H10FNO/c7-5-1-6(2-5,3-8)9-4-5/h1-4,8H2. The van der Waals surface area contributed by atoms with Crippen LogP contribution in [0.2, 0.25) is 0 Å². The number of hydrogen-bond donors (Lipinski definition) is 1. The van der Waals surface area contributed by atoms with Gasteiger partial charge in [0, 0.05) is 19.4 Å².